The zero-order chi connectivity index (χ0) is 12.9. The fourth-order valence-corrected chi connectivity index (χ4v) is 1.26. The Kier molecular flexibility index (Phi) is 4.37. The fraction of sp³-hybridized carbons (Fsp3) is 0.308. The van der Waals surface area contributed by atoms with E-state index in [0.29, 0.717) is 11.6 Å². The van der Waals surface area contributed by atoms with Crippen LogP contribution in [0.2, 0.25) is 0 Å². The van der Waals surface area contributed by atoms with Crippen LogP contribution < -0.4 is 0 Å². The van der Waals surface area contributed by atoms with Crippen LogP contribution in [0.15, 0.2) is 30.3 Å². The van der Waals surface area contributed by atoms with E-state index in [1.54, 1.807) is 12.1 Å². The number of carbonyl (C=O) groups is 1. The molecule has 0 unspecified atom stereocenters. The van der Waals surface area contributed by atoms with E-state index in [1.165, 1.54) is 13.0 Å². The summed E-state index contributed by atoms with van der Waals surface area (Å²) in [7, 11) is 0. The highest BCUT2D eigenvalue weighted by atomic mass is 19.3. The number of benzene rings is 1. The molecule has 17 heavy (non-hydrogen) atoms. The molecular weight excluding hydrogens is 226 g/mol. The van der Waals surface area contributed by atoms with Gasteiger partial charge in [-0.15, -0.1) is 0 Å². The van der Waals surface area contributed by atoms with Crippen molar-refractivity contribution in [1.29, 1.82) is 0 Å². The highest BCUT2D eigenvalue weighted by Crippen LogP contribution is 2.20. The molecule has 0 aliphatic carbocycles. The summed E-state index contributed by atoms with van der Waals surface area (Å²) in [4.78, 5) is 10.9. The van der Waals surface area contributed by atoms with Gasteiger partial charge < -0.3 is 4.74 Å². The normalized spacial score (nSPS) is 11.8. The van der Waals surface area contributed by atoms with E-state index in [4.69, 9.17) is 0 Å². The number of esters is 1. The van der Waals surface area contributed by atoms with E-state index in [-0.39, 0.29) is 6.61 Å². The summed E-state index contributed by atoms with van der Waals surface area (Å²) in [5.74, 6) is -5.11. The van der Waals surface area contributed by atoms with Crippen LogP contribution >= 0.6 is 0 Å². The molecule has 0 aromatic heterocycles. The zero-order valence-electron chi connectivity index (χ0n) is 9.74. The maximum atomic E-state index is 13.3. The second-order valence-corrected chi connectivity index (χ2v) is 3.53. The number of hydrogen-bond donors (Lipinski definition) is 0. The van der Waals surface area contributed by atoms with Gasteiger partial charge in [-0.25, -0.2) is 4.79 Å². The number of hydrogen-bond acceptors (Lipinski definition) is 2. The van der Waals surface area contributed by atoms with Crippen LogP contribution in [0, 0.1) is 6.92 Å². The summed E-state index contributed by atoms with van der Waals surface area (Å²) in [6.07, 6.45) is 1.79. The lowest BCUT2D eigenvalue weighted by molar-refractivity contribution is -0.164. The zero-order valence-corrected chi connectivity index (χ0v) is 9.74. The lowest BCUT2D eigenvalue weighted by Crippen LogP contribution is -2.28. The van der Waals surface area contributed by atoms with Gasteiger partial charge in [0.2, 0.25) is 0 Å². The van der Waals surface area contributed by atoms with Gasteiger partial charge in [-0.2, -0.15) is 8.78 Å². The number of alkyl halides is 2. The molecule has 0 spiro atoms. The monoisotopic (exact) mass is 240 g/mol. The molecule has 0 amide bonds. The van der Waals surface area contributed by atoms with Gasteiger partial charge in [0, 0.05) is 0 Å². The first-order valence-corrected chi connectivity index (χ1v) is 5.27. The van der Waals surface area contributed by atoms with Crippen LogP contribution in [0.3, 0.4) is 0 Å². The second-order valence-electron chi connectivity index (χ2n) is 3.53. The molecule has 0 aliphatic rings. The topological polar surface area (TPSA) is 26.3 Å². The molecule has 0 bridgehead atoms. The molecule has 0 fully saturated rings. The van der Waals surface area contributed by atoms with Gasteiger partial charge in [0.25, 0.3) is 0 Å². The minimum absolute atomic E-state index is 0.0629. The summed E-state index contributed by atoms with van der Waals surface area (Å²) in [5.41, 5.74) is 1.51. The van der Waals surface area contributed by atoms with E-state index < -0.39 is 11.9 Å². The Morgan fingerprint density at radius 3 is 2.65 bits per heavy atom. The Labute approximate surface area is 98.9 Å². The summed E-state index contributed by atoms with van der Waals surface area (Å²) in [5, 5.41) is 0. The van der Waals surface area contributed by atoms with Crippen LogP contribution in [0.5, 0.6) is 0 Å². The molecular formula is C13H14F2O2. The molecule has 1 aromatic rings. The second kappa shape index (κ2) is 5.57. The molecule has 0 saturated carbocycles. The molecule has 0 atom stereocenters. The third kappa shape index (κ3) is 3.66. The minimum Gasteiger partial charge on any atom is -0.461 e. The predicted molar refractivity (Wildman–Crippen MR) is 61.8 cm³/mol. The molecule has 0 aliphatic heterocycles. The Balaban J connectivity index is 2.83. The predicted octanol–water partition coefficient (Wildman–Crippen LogP) is 3.21. The highest BCUT2D eigenvalue weighted by Gasteiger charge is 2.37. The van der Waals surface area contributed by atoms with Gasteiger partial charge in [-0.1, -0.05) is 30.3 Å². The third-order valence-electron chi connectivity index (χ3n) is 2.21. The third-order valence-corrected chi connectivity index (χ3v) is 2.21. The van der Waals surface area contributed by atoms with Crippen molar-refractivity contribution in [3.8, 4) is 0 Å². The van der Waals surface area contributed by atoms with E-state index >= 15 is 0 Å². The summed E-state index contributed by atoms with van der Waals surface area (Å²) < 4.78 is 30.8. The highest BCUT2D eigenvalue weighted by molar-refractivity contribution is 5.81. The van der Waals surface area contributed by atoms with Crippen molar-refractivity contribution in [2.24, 2.45) is 0 Å². The Morgan fingerprint density at radius 1 is 1.41 bits per heavy atom. The first kappa shape index (κ1) is 13.4. The Hall–Kier alpha value is -1.71. The van der Waals surface area contributed by atoms with Gasteiger partial charge in [0.15, 0.2) is 0 Å². The van der Waals surface area contributed by atoms with Crippen molar-refractivity contribution in [3.63, 3.8) is 0 Å². The molecule has 1 aromatic carbocycles. The summed E-state index contributed by atoms with van der Waals surface area (Å²) in [6, 6.07) is 7.07. The summed E-state index contributed by atoms with van der Waals surface area (Å²) in [6.45, 7) is 3.23. The average molecular weight is 240 g/mol. The largest absolute Gasteiger partial charge is 0.461 e. The van der Waals surface area contributed by atoms with Crippen LogP contribution in [0.25, 0.3) is 6.08 Å². The maximum absolute atomic E-state index is 13.3. The van der Waals surface area contributed by atoms with Crippen LogP contribution in [-0.4, -0.2) is 18.5 Å². The van der Waals surface area contributed by atoms with Crippen molar-refractivity contribution < 1.29 is 18.3 Å². The van der Waals surface area contributed by atoms with Crippen LogP contribution in [0.1, 0.15) is 18.1 Å². The molecule has 0 heterocycles. The standard InChI is InChI=1S/C13H14F2O2/c1-3-17-12(16)13(14,15)9-8-11-7-5-4-6-10(11)2/h4-9H,3H2,1-2H3/b9-8+. The molecule has 0 radical (unpaired) electrons. The van der Waals surface area contributed by atoms with Gasteiger partial charge in [-0.05, 0) is 31.1 Å². The minimum atomic E-state index is -3.59. The Bertz CT molecular complexity index is 425. The molecule has 4 heteroatoms. The summed E-state index contributed by atoms with van der Waals surface area (Å²) >= 11 is 0. The molecule has 92 valence electrons. The number of ether oxygens (including phenoxy) is 1. The lowest BCUT2D eigenvalue weighted by atomic mass is 10.1. The fourth-order valence-electron chi connectivity index (χ4n) is 1.26. The van der Waals surface area contributed by atoms with E-state index in [9.17, 15) is 13.6 Å². The van der Waals surface area contributed by atoms with Crippen LogP contribution in [-0.2, 0) is 9.53 Å². The lowest BCUT2D eigenvalue weighted by Gasteiger charge is -2.10. The Morgan fingerprint density at radius 2 is 2.06 bits per heavy atom. The van der Waals surface area contributed by atoms with Crippen molar-refractivity contribution in [2.75, 3.05) is 6.61 Å². The van der Waals surface area contributed by atoms with E-state index in [1.807, 2.05) is 19.1 Å². The number of carbonyl (C=O) groups excluding carboxylic acids is 1. The molecule has 1 rings (SSSR count). The van der Waals surface area contributed by atoms with E-state index in [2.05, 4.69) is 4.74 Å². The number of halogens is 2. The van der Waals surface area contributed by atoms with Gasteiger partial charge in [0.05, 0.1) is 6.61 Å². The number of rotatable bonds is 4. The molecule has 0 N–H and O–H groups in total. The number of aryl methyl sites for hydroxylation is 1. The first-order chi connectivity index (χ1) is 7.97. The van der Waals surface area contributed by atoms with Gasteiger partial charge in [0.1, 0.15) is 0 Å². The quantitative estimate of drug-likeness (QED) is 0.755. The van der Waals surface area contributed by atoms with Crippen molar-refractivity contribution in [3.05, 3.63) is 41.5 Å². The van der Waals surface area contributed by atoms with Crippen molar-refractivity contribution in [1.82, 2.24) is 0 Å². The van der Waals surface area contributed by atoms with Crippen LogP contribution in [0.4, 0.5) is 8.78 Å². The first-order valence-electron chi connectivity index (χ1n) is 5.27. The smallest absolute Gasteiger partial charge is 0.381 e. The van der Waals surface area contributed by atoms with Gasteiger partial charge >= 0.3 is 11.9 Å². The molecule has 0 saturated heterocycles. The SMILES string of the molecule is CCOC(=O)C(F)(F)/C=C/c1ccccc1C. The van der Waals surface area contributed by atoms with Crippen molar-refractivity contribution >= 4 is 12.0 Å². The average Bonchev–Trinajstić information content (AvgIpc) is 2.28. The molecule has 2 nitrogen and oxygen atoms in total. The van der Waals surface area contributed by atoms with E-state index in [0.717, 1.165) is 5.56 Å². The van der Waals surface area contributed by atoms with Crippen molar-refractivity contribution in [2.45, 2.75) is 19.8 Å². The van der Waals surface area contributed by atoms with Gasteiger partial charge in [-0.3, -0.25) is 0 Å². The maximum Gasteiger partial charge on any atom is 0.381 e.